The molecule has 0 bridgehead atoms. The Labute approximate surface area is 107 Å². The molecule has 3 nitrogen and oxygen atoms in total. The maximum absolute atomic E-state index is 13.2. The highest BCUT2D eigenvalue weighted by molar-refractivity contribution is 5.58. The summed E-state index contributed by atoms with van der Waals surface area (Å²) in [5, 5.41) is 3.22. The van der Waals surface area contributed by atoms with Crippen molar-refractivity contribution in [2.24, 2.45) is 0 Å². The van der Waals surface area contributed by atoms with E-state index < -0.39 is 0 Å². The first-order valence-electron chi connectivity index (χ1n) is 6.54. The van der Waals surface area contributed by atoms with E-state index in [1.807, 2.05) is 6.07 Å². The number of hydrogen-bond acceptors (Lipinski definition) is 3. The predicted molar refractivity (Wildman–Crippen MR) is 69.5 cm³/mol. The SMILES string of the molecule is CC1(OCCN2CCc3ccc(F)cc32)CNC1. The molecule has 1 aromatic carbocycles. The monoisotopic (exact) mass is 250 g/mol. The normalized spacial score (nSPS) is 20.7. The van der Waals surface area contributed by atoms with Gasteiger partial charge in [-0.1, -0.05) is 6.07 Å². The zero-order valence-electron chi connectivity index (χ0n) is 10.7. The molecule has 1 N–H and O–H groups in total. The number of nitrogens with one attached hydrogen (secondary N) is 1. The first-order chi connectivity index (χ1) is 8.66. The molecule has 0 unspecified atom stereocenters. The minimum Gasteiger partial charge on any atom is -0.371 e. The molecule has 2 aliphatic heterocycles. The minimum atomic E-state index is -0.156. The number of anilines is 1. The van der Waals surface area contributed by atoms with Crippen molar-refractivity contribution in [3.05, 3.63) is 29.6 Å². The lowest BCUT2D eigenvalue weighted by Gasteiger charge is -2.39. The summed E-state index contributed by atoms with van der Waals surface area (Å²) in [5.41, 5.74) is 2.29. The molecule has 18 heavy (non-hydrogen) atoms. The van der Waals surface area contributed by atoms with Crippen LogP contribution in [0, 0.1) is 5.82 Å². The molecular formula is C14H19FN2O. The molecule has 0 aromatic heterocycles. The van der Waals surface area contributed by atoms with Crippen LogP contribution in [0.5, 0.6) is 0 Å². The van der Waals surface area contributed by atoms with E-state index in [-0.39, 0.29) is 11.4 Å². The number of nitrogens with zero attached hydrogens (tertiary/aromatic N) is 1. The quantitative estimate of drug-likeness (QED) is 0.878. The van der Waals surface area contributed by atoms with Crippen molar-refractivity contribution >= 4 is 5.69 Å². The zero-order valence-corrected chi connectivity index (χ0v) is 10.7. The molecular weight excluding hydrogens is 231 g/mol. The molecule has 0 radical (unpaired) electrons. The summed E-state index contributed by atoms with van der Waals surface area (Å²) in [6, 6.07) is 5.07. The van der Waals surface area contributed by atoms with Gasteiger partial charge in [0, 0.05) is 31.9 Å². The molecule has 0 atom stereocenters. The van der Waals surface area contributed by atoms with Gasteiger partial charge in [0.1, 0.15) is 5.82 Å². The van der Waals surface area contributed by atoms with Crippen molar-refractivity contribution in [3.63, 3.8) is 0 Å². The second kappa shape index (κ2) is 4.52. The van der Waals surface area contributed by atoms with Gasteiger partial charge in [0.25, 0.3) is 0 Å². The number of rotatable bonds is 4. The Morgan fingerprint density at radius 1 is 1.44 bits per heavy atom. The highest BCUT2D eigenvalue weighted by Gasteiger charge is 2.32. The van der Waals surface area contributed by atoms with Gasteiger partial charge in [0.15, 0.2) is 0 Å². The number of hydrogen-bond donors (Lipinski definition) is 1. The molecule has 98 valence electrons. The molecule has 0 spiro atoms. The molecule has 2 aliphatic rings. The predicted octanol–water partition coefficient (Wildman–Crippen LogP) is 1.57. The van der Waals surface area contributed by atoms with Crippen molar-refractivity contribution in [3.8, 4) is 0 Å². The molecule has 1 saturated heterocycles. The molecule has 1 aromatic rings. The highest BCUT2D eigenvalue weighted by Crippen LogP contribution is 2.28. The van der Waals surface area contributed by atoms with Gasteiger partial charge in [-0.25, -0.2) is 4.39 Å². The van der Waals surface area contributed by atoms with Crippen LogP contribution >= 0.6 is 0 Å². The molecule has 0 saturated carbocycles. The van der Waals surface area contributed by atoms with Crippen molar-refractivity contribution < 1.29 is 9.13 Å². The van der Waals surface area contributed by atoms with Crippen molar-refractivity contribution in [2.45, 2.75) is 18.9 Å². The van der Waals surface area contributed by atoms with Gasteiger partial charge < -0.3 is 15.0 Å². The van der Waals surface area contributed by atoms with Gasteiger partial charge in [0.05, 0.1) is 12.2 Å². The largest absolute Gasteiger partial charge is 0.371 e. The lowest BCUT2D eigenvalue weighted by Crippen LogP contribution is -2.59. The number of ether oxygens (including phenoxy) is 1. The van der Waals surface area contributed by atoms with E-state index in [0.29, 0.717) is 6.61 Å². The first kappa shape index (κ1) is 11.9. The van der Waals surface area contributed by atoms with Crippen LogP contribution in [0.1, 0.15) is 12.5 Å². The van der Waals surface area contributed by atoms with Gasteiger partial charge in [0.2, 0.25) is 0 Å². The highest BCUT2D eigenvalue weighted by atomic mass is 19.1. The van der Waals surface area contributed by atoms with Gasteiger partial charge in [-0.3, -0.25) is 0 Å². The maximum atomic E-state index is 13.2. The van der Waals surface area contributed by atoms with Crippen LogP contribution in [0.15, 0.2) is 18.2 Å². The van der Waals surface area contributed by atoms with Gasteiger partial charge in [-0.2, -0.15) is 0 Å². The second-order valence-corrected chi connectivity index (χ2v) is 5.41. The lowest BCUT2D eigenvalue weighted by atomic mass is 10.0. The van der Waals surface area contributed by atoms with Crippen LogP contribution in [0.2, 0.25) is 0 Å². The summed E-state index contributed by atoms with van der Waals surface area (Å²) < 4.78 is 19.1. The average Bonchev–Trinajstić information content (AvgIpc) is 2.70. The van der Waals surface area contributed by atoms with Crippen LogP contribution in [-0.4, -0.2) is 38.4 Å². The van der Waals surface area contributed by atoms with Crippen LogP contribution in [0.4, 0.5) is 10.1 Å². The Hall–Kier alpha value is -1.13. The third kappa shape index (κ3) is 2.22. The van der Waals surface area contributed by atoms with Crippen molar-refractivity contribution in [1.82, 2.24) is 5.32 Å². The van der Waals surface area contributed by atoms with E-state index in [0.717, 1.165) is 38.3 Å². The molecule has 0 amide bonds. The van der Waals surface area contributed by atoms with Crippen LogP contribution < -0.4 is 10.2 Å². The van der Waals surface area contributed by atoms with Crippen LogP contribution in [0.25, 0.3) is 0 Å². The van der Waals surface area contributed by atoms with E-state index in [2.05, 4.69) is 17.1 Å². The molecule has 2 heterocycles. The fourth-order valence-electron chi connectivity index (χ4n) is 2.63. The van der Waals surface area contributed by atoms with E-state index in [1.165, 1.54) is 5.56 Å². The zero-order chi connectivity index (χ0) is 12.6. The van der Waals surface area contributed by atoms with E-state index >= 15 is 0 Å². The van der Waals surface area contributed by atoms with E-state index in [9.17, 15) is 4.39 Å². The van der Waals surface area contributed by atoms with Crippen LogP contribution in [0.3, 0.4) is 0 Å². The molecule has 0 aliphatic carbocycles. The average molecular weight is 250 g/mol. The van der Waals surface area contributed by atoms with Crippen molar-refractivity contribution in [1.29, 1.82) is 0 Å². The Bertz CT molecular complexity index is 445. The number of benzene rings is 1. The van der Waals surface area contributed by atoms with Gasteiger partial charge in [-0.05, 0) is 31.0 Å². The maximum Gasteiger partial charge on any atom is 0.125 e. The van der Waals surface area contributed by atoms with Gasteiger partial charge >= 0.3 is 0 Å². The third-order valence-corrected chi connectivity index (χ3v) is 3.85. The fraction of sp³-hybridized carbons (Fsp3) is 0.571. The molecule has 4 heteroatoms. The number of halogens is 1. The number of fused-ring (bicyclic) bond motifs is 1. The summed E-state index contributed by atoms with van der Waals surface area (Å²) >= 11 is 0. The first-order valence-corrected chi connectivity index (χ1v) is 6.54. The Morgan fingerprint density at radius 3 is 3.00 bits per heavy atom. The summed E-state index contributed by atoms with van der Waals surface area (Å²) in [6.45, 7) is 6.49. The fourth-order valence-corrected chi connectivity index (χ4v) is 2.63. The van der Waals surface area contributed by atoms with E-state index in [4.69, 9.17) is 4.74 Å². The Kier molecular flexibility index (Phi) is 2.99. The molecule has 3 rings (SSSR count). The third-order valence-electron chi connectivity index (χ3n) is 3.85. The summed E-state index contributed by atoms with van der Waals surface area (Å²) in [5.74, 6) is -0.156. The van der Waals surface area contributed by atoms with E-state index in [1.54, 1.807) is 12.1 Å². The topological polar surface area (TPSA) is 24.5 Å². The standard InChI is InChI=1S/C14H19FN2O/c1-14(9-16-10-14)18-7-6-17-5-4-11-2-3-12(15)8-13(11)17/h2-3,8,16H,4-7,9-10H2,1H3. The Balaban J connectivity index is 1.57. The smallest absolute Gasteiger partial charge is 0.125 e. The summed E-state index contributed by atoms with van der Waals surface area (Å²) in [4.78, 5) is 2.22. The summed E-state index contributed by atoms with van der Waals surface area (Å²) in [6.07, 6.45) is 1.01. The molecule has 1 fully saturated rings. The van der Waals surface area contributed by atoms with Crippen LogP contribution in [-0.2, 0) is 11.2 Å². The Morgan fingerprint density at radius 2 is 2.28 bits per heavy atom. The minimum absolute atomic E-state index is 0.00446. The lowest BCUT2D eigenvalue weighted by molar-refractivity contribution is -0.0632. The second-order valence-electron chi connectivity index (χ2n) is 5.41. The summed E-state index contributed by atoms with van der Waals surface area (Å²) in [7, 11) is 0. The van der Waals surface area contributed by atoms with Gasteiger partial charge in [-0.15, -0.1) is 0 Å². The van der Waals surface area contributed by atoms with Crippen molar-refractivity contribution in [2.75, 3.05) is 37.7 Å².